The first-order valence-corrected chi connectivity index (χ1v) is 6.95. The number of carbonyl (C=O) groups excluding carboxylic acids is 1. The molecule has 0 unspecified atom stereocenters. The molecule has 2 rings (SSSR count). The van der Waals surface area contributed by atoms with Gasteiger partial charge < -0.3 is 14.6 Å². The lowest BCUT2D eigenvalue weighted by Crippen LogP contribution is -2.09. The number of carbonyl (C=O) groups is 1. The van der Waals surface area contributed by atoms with Crippen LogP contribution in [0.15, 0.2) is 54.6 Å². The van der Waals surface area contributed by atoms with Gasteiger partial charge in [0.25, 0.3) is 0 Å². The molecule has 0 spiro atoms. The van der Waals surface area contributed by atoms with Gasteiger partial charge in [-0.2, -0.15) is 0 Å². The van der Waals surface area contributed by atoms with Gasteiger partial charge >= 0.3 is 5.97 Å². The van der Waals surface area contributed by atoms with Crippen LogP contribution >= 0.6 is 0 Å². The number of ether oxygens (including phenoxy) is 2. The third kappa shape index (κ3) is 3.47. The van der Waals surface area contributed by atoms with E-state index >= 15 is 0 Å². The molecule has 0 atom stereocenters. The maximum atomic E-state index is 11.7. The largest absolute Gasteiger partial charge is 0.507 e. The fourth-order valence-corrected chi connectivity index (χ4v) is 1.97. The van der Waals surface area contributed by atoms with Crippen molar-refractivity contribution < 1.29 is 19.4 Å². The standard InChI is InChI=1S/C18H18O4/c1-4-21-14-10-8-13(9-11-14)17-15(19)6-5-7-16(17)22-18(20)12(2)3/h5-11,19H,2,4H2,1,3H3. The summed E-state index contributed by atoms with van der Waals surface area (Å²) in [7, 11) is 0. The van der Waals surface area contributed by atoms with Crippen LogP contribution in [0.25, 0.3) is 11.1 Å². The van der Waals surface area contributed by atoms with Crippen LogP contribution in [0.4, 0.5) is 0 Å². The zero-order valence-corrected chi connectivity index (χ0v) is 12.6. The van der Waals surface area contributed by atoms with Crippen molar-refractivity contribution >= 4 is 5.97 Å². The summed E-state index contributed by atoms with van der Waals surface area (Å²) < 4.78 is 10.7. The average molecular weight is 298 g/mol. The van der Waals surface area contributed by atoms with Crippen LogP contribution in [0.3, 0.4) is 0 Å². The summed E-state index contributed by atoms with van der Waals surface area (Å²) in [6.07, 6.45) is 0. The van der Waals surface area contributed by atoms with Gasteiger partial charge in [0.15, 0.2) is 0 Å². The lowest BCUT2D eigenvalue weighted by atomic mass is 10.0. The van der Waals surface area contributed by atoms with Gasteiger partial charge in [-0.05, 0) is 43.7 Å². The van der Waals surface area contributed by atoms with Crippen LogP contribution in [0.1, 0.15) is 13.8 Å². The maximum Gasteiger partial charge on any atom is 0.338 e. The van der Waals surface area contributed by atoms with E-state index in [4.69, 9.17) is 9.47 Å². The minimum atomic E-state index is -0.530. The Morgan fingerprint density at radius 2 is 1.86 bits per heavy atom. The Labute approximate surface area is 129 Å². The minimum absolute atomic E-state index is 0.0381. The Hall–Kier alpha value is -2.75. The molecule has 0 aliphatic heterocycles. The molecule has 0 saturated heterocycles. The molecule has 0 heterocycles. The summed E-state index contributed by atoms with van der Waals surface area (Å²) in [5.41, 5.74) is 1.48. The number of benzene rings is 2. The van der Waals surface area contributed by atoms with Crippen LogP contribution in [-0.4, -0.2) is 17.7 Å². The zero-order valence-electron chi connectivity index (χ0n) is 12.6. The second kappa shape index (κ2) is 6.80. The molecule has 0 aliphatic rings. The zero-order chi connectivity index (χ0) is 16.1. The number of rotatable bonds is 5. The predicted octanol–water partition coefficient (Wildman–Crippen LogP) is 3.94. The van der Waals surface area contributed by atoms with Crippen molar-refractivity contribution in [3.05, 3.63) is 54.6 Å². The highest BCUT2D eigenvalue weighted by Gasteiger charge is 2.15. The van der Waals surface area contributed by atoms with Crippen molar-refractivity contribution in [1.29, 1.82) is 0 Å². The summed E-state index contributed by atoms with van der Waals surface area (Å²) in [5, 5.41) is 10.1. The third-order valence-corrected chi connectivity index (χ3v) is 3.01. The van der Waals surface area contributed by atoms with Gasteiger partial charge in [-0.3, -0.25) is 0 Å². The number of aromatic hydroxyl groups is 1. The lowest BCUT2D eigenvalue weighted by molar-refractivity contribution is -0.130. The minimum Gasteiger partial charge on any atom is -0.507 e. The van der Waals surface area contributed by atoms with Crippen LogP contribution < -0.4 is 9.47 Å². The smallest absolute Gasteiger partial charge is 0.338 e. The first kappa shape index (κ1) is 15.6. The molecule has 0 aliphatic carbocycles. The number of hydrogen-bond acceptors (Lipinski definition) is 4. The van der Waals surface area contributed by atoms with Gasteiger partial charge in [0.2, 0.25) is 0 Å². The van der Waals surface area contributed by atoms with Gasteiger partial charge in [0.05, 0.1) is 12.2 Å². The molecule has 0 amide bonds. The molecule has 2 aromatic rings. The molecule has 114 valence electrons. The fourth-order valence-electron chi connectivity index (χ4n) is 1.97. The van der Waals surface area contributed by atoms with E-state index in [0.29, 0.717) is 17.7 Å². The molecular weight excluding hydrogens is 280 g/mol. The average Bonchev–Trinajstić information content (AvgIpc) is 2.49. The fraction of sp³-hybridized carbons (Fsp3) is 0.167. The number of hydrogen-bond donors (Lipinski definition) is 1. The van der Waals surface area contributed by atoms with E-state index in [1.807, 2.05) is 6.92 Å². The molecular formula is C18H18O4. The first-order valence-electron chi connectivity index (χ1n) is 6.95. The highest BCUT2D eigenvalue weighted by Crippen LogP contribution is 2.38. The van der Waals surface area contributed by atoms with E-state index < -0.39 is 5.97 Å². The Bertz CT molecular complexity index is 687. The summed E-state index contributed by atoms with van der Waals surface area (Å²) >= 11 is 0. The van der Waals surface area contributed by atoms with Crippen molar-refractivity contribution in [2.75, 3.05) is 6.61 Å². The number of phenolic OH excluding ortho intramolecular Hbond substituents is 1. The van der Waals surface area contributed by atoms with Crippen LogP contribution in [0.2, 0.25) is 0 Å². The van der Waals surface area contributed by atoms with E-state index in [9.17, 15) is 9.90 Å². The molecule has 1 N–H and O–H groups in total. The molecule has 0 saturated carbocycles. The number of phenols is 1. The van der Waals surface area contributed by atoms with Gasteiger partial charge in [-0.1, -0.05) is 24.8 Å². The molecule has 0 bridgehead atoms. The van der Waals surface area contributed by atoms with E-state index in [1.165, 1.54) is 0 Å². The Balaban J connectivity index is 2.40. The summed E-state index contributed by atoms with van der Waals surface area (Å²) in [6, 6.07) is 12.0. The third-order valence-electron chi connectivity index (χ3n) is 3.01. The van der Waals surface area contributed by atoms with Crippen LogP contribution in [0, 0.1) is 0 Å². The van der Waals surface area contributed by atoms with Gasteiger partial charge in [-0.15, -0.1) is 0 Å². The van der Waals surface area contributed by atoms with E-state index in [2.05, 4.69) is 6.58 Å². The van der Waals surface area contributed by atoms with E-state index in [1.54, 1.807) is 49.4 Å². The Morgan fingerprint density at radius 1 is 1.18 bits per heavy atom. The first-order chi connectivity index (χ1) is 10.5. The SMILES string of the molecule is C=C(C)C(=O)Oc1cccc(O)c1-c1ccc(OCC)cc1. The summed E-state index contributed by atoms with van der Waals surface area (Å²) in [4.78, 5) is 11.7. The van der Waals surface area contributed by atoms with Gasteiger partial charge in [0.1, 0.15) is 17.2 Å². The van der Waals surface area contributed by atoms with Crippen molar-refractivity contribution in [3.8, 4) is 28.4 Å². The highest BCUT2D eigenvalue weighted by atomic mass is 16.5. The molecule has 0 fully saturated rings. The lowest BCUT2D eigenvalue weighted by Gasteiger charge is -2.12. The van der Waals surface area contributed by atoms with Crippen molar-refractivity contribution in [2.24, 2.45) is 0 Å². The maximum absolute atomic E-state index is 11.7. The molecule has 22 heavy (non-hydrogen) atoms. The number of esters is 1. The normalized spacial score (nSPS) is 10.1. The van der Waals surface area contributed by atoms with Gasteiger partial charge in [0, 0.05) is 5.57 Å². The Kier molecular flexibility index (Phi) is 4.84. The van der Waals surface area contributed by atoms with E-state index in [0.717, 1.165) is 11.3 Å². The van der Waals surface area contributed by atoms with Crippen LogP contribution in [-0.2, 0) is 4.79 Å². The highest BCUT2D eigenvalue weighted by molar-refractivity contribution is 5.90. The topological polar surface area (TPSA) is 55.8 Å². The molecule has 0 radical (unpaired) electrons. The summed E-state index contributed by atoms with van der Waals surface area (Å²) in [6.45, 7) is 7.62. The van der Waals surface area contributed by atoms with Gasteiger partial charge in [-0.25, -0.2) is 4.79 Å². The second-order valence-corrected chi connectivity index (χ2v) is 4.78. The predicted molar refractivity (Wildman–Crippen MR) is 85.2 cm³/mol. The molecule has 4 nitrogen and oxygen atoms in total. The quantitative estimate of drug-likeness (QED) is 0.516. The van der Waals surface area contributed by atoms with Crippen molar-refractivity contribution in [3.63, 3.8) is 0 Å². The molecule has 2 aromatic carbocycles. The molecule has 0 aromatic heterocycles. The van der Waals surface area contributed by atoms with Crippen molar-refractivity contribution in [1.82, 2.24) is 0 Å². The van der Waals surface area contributed by atoms with Crippen molar-refractivity contribution in [2.45, 2.75) is 13.8 Å². The van der Waals surface area contributed by atoms with Crippen LogP contribution in [0.5, 0.6) is 17.2 Å². The second-order valence-electron chi connectivity index (χ2n) is 4.78. The molecule has 4 heteroatoms. The van der Waals surface area contributed by atoms with E-state index in [-0.39, 0.29) is 11.5 Å². The monoisotopic (exact) mass is 298 g/mol. The Morgan fingerprint density at radius 3 is 2.45 bits per heavy atom. The summed E-state index contributed by atoms with van der Waals surface area (Å²) in [5.74, 6) is 0.535.